The minimum absolute atomic E-state index is 0.0755. The van der Waals surface area contributed by atoms with E-state index >= 15 is 0 Å². The van der Waals surface area contributed by atoms with Crippen LogP contribution in [-0.4, -0.2) is 29.4 Å². The first-order chi connectivity index (χ1) is 15.2. The van der Waals surface area contributed by atoms with Crippen molar-refractivity contribution in [3.05, 3.63) is 96.6 Å². The van der Waals surface area contributed by atoms with Crippen LogP contribution in [0.15, 0.2) is 74.4 Å². The van der Waals surface area contributed by atoms with Gasteiger partial charge in [0.15, 0.2) is 0 Å². The van der Waals surface area contributed by atoms with E-state index in [1.807, 2.05) is 12.1 Å². The topological polar surface area (TPSA) is 82.1 Å². The molecule has 1 aliphatic rings. The number of phenolic OH excluding ortho intramolecular Hbond substituents is 1. The van der Waals surface area contributed by atoms with Crippen LogP contribution in [0.2, 0.25) is 0 Å². The van der Waals surface area contributed by atoms with Gasteiger partial charge in [0.25, 0.3) is 0 Å². The summed E-state index contributed by atoms with van der Waals surface area (Å²) < 4.78 is 15.7. The highest BCUT2D eigenvalue weighted by molar-refractivity contribution is 5.95. The Bertz CT molecular complexity index is 1020. The van der Waals surface area contributed by atoms with Crippen molar-refractivity contribution in [3.63, 3.8) is 0 Å². The molecule has 1 aliphatic heterocycles. The Hall–Kier alpha value is -3.80. The zero-order chi connectivity index (χ0) is 23.7. The molecule has 0 spiro atoms. The van der Waals surface area contributed by atoms with Gasteiger partial charge in [0, 0.05) is 13.8 Å². The normalized spacial score (nSPS) is 13.2. The monoisotopic (exact) mass is 436 g/mol. The fourth-order valence-corrected chi connectivity index (χ4v) is 3.13. The maximum atomic E-state index is 11.9. The van der Waals surface area contributed by atoms with Gasteiger partial charge in [-0.2, -0.15) is 0 Å². The van der Waals surface area contributed by atoms with E-state index in [0.29, 0.717) is 29.7 Å². The van der Waals surface area contributed by atoms with E-state index in [0.717, 1.165) is 5.56 Å². The zero-order valence-electron chi connectivity index (χ0n) is 18.4. The molecule has 0 bridgehead atoms. The van der Waals surface area contributed by atoms with Crippen molar-refractivity contribution in [3.8, 4) is 11.5 Å². The van der Waals surface area contributed by atoms with E-state index < -0.39 is 11.8 Å². The Morgan fingerprint density at radius 3 is 2.28 bits per heavy atom. The Balaban J connectivity index is 0.000000227. The van der Waals surface area contributed by atoms with Gasteiger partial charge in [-0.1, -0.05) is 49.1 Å². The minimum Gasteiger partial charge on any atom is -0.507 e. The average Bonchev–Trinajstić information content (AvgIpc) is 2.72. The molecule has 1 N–H and O–H groups in total. The second-order valence-corrected chi connectivity index (χ2v) is 7.37. The smallest absolute Gasteiger partial charge is 0.345 e. The first-order valence-electron chi connectivity index (χ1n) is 10.1. The summed E-state index contributed by atoms with van der Waals surface area (Å²) in [6.45, 7) is 14.3. The summed E-state index contributed by atoms with van der Waals surface area (Å²) in [5, 5.41) is 9.63. The molecule has 2 aromatic carbocycles. The van der Waals surface area contributed by atoms with E-state index in [-0.39, 0.29) is 23.9 Å². The number of hydrogen-bond donors (Lipinski definition) is 1. The van der Waals surface area contributed by atoms with Crippen LogP contribution in [0.5, 0.6) is 11.5 Å². The molecule has 1 heterocycles. The summed E-state index contributed by atoms with van der Waals surface area (Å²) in [5.74, 6) is -1.26. The van der Waals surface area contributed by atoms with Gasteiger partial charge < -0.3 is 19.3 Å². The molecule has 0 unspecified atom stereocenters. The number of ether oxygens (including phenoxy) is 3. The highest BCUT2D eigenvalue weighted by Gasteiger charge is 2.34. The van der Waals surface area contributed by atoms with Gasteiger partial charge in [-0.25, -0.2) is 9.59 Å². The van der Waals surface area contributed by atoms with Crippen molar-refractivity contribution in [1.29, 1.82) is 0 Å². The number of aromatic hydroxyl groups is 1. The summed E-state index contributed by atoms with van der Waals surface area (Å²) in [6.07, 6.45) is 6.03. The third-order valence-electron chi connectivity index (χ3n) is 4.40. The fourth-order valence-electron chi connectivity index (χ4n) is 3.13. The number of allylic oxidation sites excluding steroid dienone is 2. The fraction of sp³-hybridized carbons (Fsp3) is 0.231. The van der Waals surface area contributed by atoms with Crippen LogP contribution >= 0.6 is 0 Å². The number of cyclic esters (lactones) is 1. The third-order valence-corrected chi connectivity index (χ3v) is 4.40. The summed E-state index contributed by atoms with van der Waals surface area (Å²) in [7, 11) is 0. The highest BCUT2D eigenvalue weighted by atomic mass is 16.7. The lowest BCUT2D eigenvalue weighted by molar-refractivity contribution is -0.127. The predicted octanol–water partition coefficient (Wildman–Crippen LogP) is 5.16. The van der Waals surface area contributed by atoms with Crippen molar-refractivity contribution < 1.29 is 28.9 Å². The SMILES string of the molecule is C=CCOC(=O)c1c(O)cccc1CC=C.C=CCc1cccc2c1C(=O)OC(C)(C)O2. The van der Waals surface area contributed by atoms with Gasteiger partial charge in [-0.15, -0.1) is 13.2 Å². The molecule has 6 heteroatoms. The van der Waals surface area contributed by atoms with Crippen molar-refractivity contribution in [1.82, 2.24) is 0 Å². The Morgan fingerprint density at radius 1 is 1.00 bits per heavy atom. The van der Waals surface area contributed by atoms with E-state index in [4.69, 9.17) is 14.2 Å². The molecule has 168 valence electrons. The molecule has 0 aromatic heterocycles. The number of benzene rings is 2. The number of carbonyl (C=O) groups is 2. The van der Waals surface area contributed by atoms with Crippen LogP contribution in [0.1, 0.15) is 45.7 Å². The van der Waals surface area contributed by atoms with Crippen LogP contribution in [-0.2, 0) is 22.3 Å². The maximum Gasteiger partial charge on any atom is 0.345 e. The standard InChI is InChI=1S/2C13H14O3/c1-4-6-9-7-5-8-10-11(9)12(14)16-13(2,3)15-10;1-3-6-10-7-5-8-11(14)12(10)13(15)16-9-4-2/h4-5,7-8H,1,6H2,2-3H3;3-5,7-8,14H,1-2,6,9H2. The molecule has 3 rings (SSSR count). The average molecular weight is 437 g/mol. The van der Waals surface area contributed by atoms with Crippen molar-refractivity contribution in [2.45, 2.75) is 32.5 Å². The lowest BCUT2D eigenvalue weighted by Crippen LogP contribution is -2.39. The summed E-state index contributed by atoms with van der Waals surface area (Å²) in [5.41, 5.74) is 2.29. The number of hydrogen-bond acceptors (Lipinski definition) is 6. The van der Waals surface area contributed by atoms with E-state index in [1.165, 1.54) is 12.1 Å². The van der Waals surface area contributed by atoms with Crippen LogP contribution in [0.25, 0.3) is 0 Å². The second kappa shape index (κ2) is 11.0. The molecular formula is C26H28O6. The molecule has 0 saturated heterocycles. The molecule has 32 heavy (non-hydrogen) atoms. The van der Waals surface area contributed by atoms with Gasteiger partial charge in [0.1, 0.15) is 29.2 Å². The number of rotatable bonds is 7. The predicted molar refractivity (Wildman–Crippen MR) is 123 cm³/mol. The highest BCUT2D eigenvalue weighted by Crippen LogP contribution is 2.33. The summed E-state index contributed by atoms with van der Waals surface area (Å²) in [4.78, 5) is 23.5. The van der Waals surface area contributed by atoms with Gasteiger partial charge in [-0.05, 0) is 36.1 Å². The zero-order valence-corrected chi connectivity index (χ0v) is 18.4. The number of carbonyl (C=O) groups excluding carboxylic acids is 2. The molecule has 0 amide bonds. The van der Waals surface area contributed by atoms with Crippen molar-refractivity contribution >= 4 is 11.9 Å². The van der Waals surface area contributed by atoms with Gasteiger partial charge in [-0.3, -0.25) is 0 Å². The van der Waals surface area contributed by atoms with Crippen LogP contribution in [0.4, 0.5) is 0 Å². The first kappa shape index (κ1) is 24.5. The van der Waals surface area contributed by atoms with E-state index in [1.54, 1.807) is 44.2 Å². The van der Waals surface area contributed by atoms with Gasteiger partial charge in [0.05, 0.1) is 0 Å². The molecular weight excluding hydrogens is 408 g/mol. The minimum atomic E-state index is -0.892. The Morgan fingerprint density at radius 2 is 1.62 bits per heavy atom. The van der Waals surface area contributed by atoms with Crippen molar-refractivity contribution in [2.24, 2.45) is 0 Å². The second-order valence-electron chi connectivity index (χ2n) is 7.37. The molecule has 0 atom stereocenters. The third kappa shape index (κ3) is 6.11. The molecule has 6 nitrogen and oxygen atoms in total. The Labute approximate surface area is 188 Å². The number of esters is 2. The quantitative estimate of drug-likeness (QED) is 0.477. The summed E-state index contributed by atoms with van der Waals surface area (Å²) in [6, 6.07) is 10.4. The van der Waals surface area contributed by atoms with Crippen LogP contribution in [0.3, 0.4) is 0 Å². The number of fused-ring (bicyclic) bond motifs is 1. The molecule has 0 saturated carbocycles. The van der Waals surface area contributed by atoms with Crippen molar-refractivity contribution in [2.75, 3.05) is 6.61 Å². The maximum absolute atomic E-state index is 11.9. The first-order valence-corrected chi connectivity index (χ1v) is 10.1. The van der Waals surface area contributed by atoms with E-state index in [9.17, 15) is 14.7 Å². The van der Waals surface area contributed by atoms with Crippen LogP contribution < -0.4 is 4.74 Å². The lowest BCUT2D eigenvalue weighted by atomic mass is 10.0. The molecule has 0 fully saturated rings. The lowest BCUT2D eigenvalue weighted by Gasteiger charge is -2.32. The molecule has 2 aromatic rings. The molecule has 0 radical (unpaired) electrons. The van der Waals surface area contributed by atoms with E-state index in [2.05, 4.69) is 19.7 Å². The number of phenols is 1. The Kier molecular flexibility index (Phi) is 8.41. The summed E-state index contributed by atoms with van der Waals surface area (Å²) >= 11 is 0. The molecule has 0 aliphatic carbocycles. The van der Waals surface area contributed by atoms with Gasteiger partial charge >= 0.3 is 11.9 Å². The van der Waals surface area contributed by atoms with Gasteiger partial charge in [0.2, 0.25) is 5.79 Å². The largest absolute Gasteiger partial charge is 0.507 e. The van der Waals surface area contributed by atoms with Crippen LogP contribution in [0, 0.1) is 0 Å².